The number of aliphatic hydroxyl groups is 3. The molecule has 0 saturated carbocycles. The average Bonchev–Trinajstić information content (AvgIpc) is 3.17. The molecule has 146 valence electrons. The Morgan fingerprint density at radius 2 is 2.19 bits per heavy atom. The number of rotatable bonds is 9. The SMILES string of the molecule is CC1(NCCC(=O)N[C@@H](Cc2cnc[nH]2)C(=O)O)O[C@H](CO)[C@@H](O)[C@@H]1O. The molecule has 1 unspecified atom stereocenters. The Hall–Kier alpha value is -2.05. The highest BCUT2D eigenvalue weighted by Crippen LogP contribution is 2.28. The predicted molar refractivity (Wildman–Crippen MR) is 86.9 cm³/mol. The summed E-state index contributed by atoms with van der Waals surface area (Å²) in [6.45, 7) is 1.11. The van der Waals surface area contributed by atoms with Gasteiger partial charge in [0.2, 0.25) is 5.91 Å². The number of H-pyrrole nitrogens is 1. The number of aromatic nitrogens is 2. The summed E-state index contributed by atoms with van der Waals surface area (Å²) >= 11 is 0. The maximum atomic E-state index is 12.0. The van der Waals surface area contributed by atoms with Crippen molar-refractivity contribution in [1.82, 2.24) is 20.6 Å². The Labute approximate surface area is 149 Å². The zero-order valence-electron chi connectivity index (χ0n) is 14.3. The van der Waals surface area contributed by atoms with E-state index in [4.69, 9.17) is 9.84 Å². The molecule has 26 heavy (non-hydrogen) atoms. The minimum absolute atomic E-state index is 0.0679. The largest absolute Gasteiger partial charge is 0.480 e. The number of aromatic amines is 1. The molecule has 1 aromatic rings. The summed E-state index contributed by atoms with van der Waals surface area (Å²) < 4.78 is 5.40. The van der Waals surface area contributed by atoms with Crippen LogP contribution in [0.2, 0.25) is 0 Å². The van der Waals surface area contributed by atoms with Crippen molar-refractivity contribution >= 4 is 11.9 Å². The molecular weight excluding hydrogens is 348 g/mol. The van der Waals surface area contributed by atoms with Crippen molar-refractivity contribution in [3.05, 3.63) is 18.2 Å². The highest BCUT2D eigenvalue weighted by Gasteiger charge is 2.50. The first-order valence-corrected chi connectivity index (χ1v) is 8.16. The first-order chi connectivity index (χ1) is 12.3. The number of nitrogens with zero attached hydrogens (tertiary/aromatic N) is 1. The number of carbonyl (C=O) groups excluding carboxylic acids is 1. The van der Waals surface area contributed by atoms with Gasteiger partial charge in [0.15, 0.2) is 0 Å². The summed E-state index contributed by atoms with van der Waals surface area (Å²) in [4.78, 5) is 29.8. The van der Waals surface area contributed by atoms with E-state index in [0.717, 1.165) is 0 Å². The van der Waals surface area contributed by atoms with E-state index in [0.29, 0.717) is 5.69 Å². The van der Waals surface area contributed by atoms with E-state index in [-0.39, 0.29) is 19.4 Å². The van der Waals surface area contributed by atoms with Crippen LogP contribution in [0.3, 0.4) is 0 Å². The van der Waals surface area contributed by atoms with Gasteiger partial charge in [-0.3, -0.25) is 10.1 Å². The molecule has 1 amide bonds. The predicted octanol–water partition coefficient (Wildman–Crippen LogP) is -2.67. The molecule has 1 aromatic heterocycles. The number of ether oxygens (including phenoxy) is 1. The summed E-state index contributed by atoms with van der Waals surface area (Å²) in [5.74, 6) is -1.67. The molecule has 2 heterocycles. The van der Waals surface area contributed by atoms with Crippen molar-refractivity contribution in [2.24, 2.45) is 0 Å². The van der Waals surface area contributed by atoms with Crippen LogP contribution in [0.15, 0.2) is 12.5 Å². The Balaban J connectivity index is 1.81. The molecule has 1 aliphatic rings. The molecule has 1 fully saturated rings. The first-order valence-electron chi connectivity index (χ1n) is 8.16. The third-order valence-corrected chi connectivity index (χ3v) is 4.29. The van der Waals surface area contributed by atoms with Crippen LogP contribution in [0.5, 0.6) is 0 Å². The maximum absolute atomic E-state index is 12.0. The summed E-state index contributed by atoms with van der Waals surface area (Å²) in [6.07, 6.45) is -0.570. The number of aliphatic carboxylic acids is 1. The van der Waals surface area contributed by atoms with E-state index in [2.05, 4.69) is 20.6 Å². The average molecular weight is 372 g/mol. The number of imidazole rings is 1. The molecule has 0 radical (unpaired) electrons. The molecule has 11 nitrogen and oxygen atoms in total. The lowest BCUT2D eigenvalue weighted by molar-refractivity contribution is -0.141. The van der Waals surface area contributed by atoms with Crippen LogP contribution < -0.4 is 10.6 Å². The van der Waals surface area contributed by atoms with Crippen molar-refractivity contribution in [3.63, 3.8) is 0 Å². The van der Waals surface area contributed by atoms with Crippen LogP contribution in [0.25, 0.3) is 0 Å². The number of aliphatic hydroxyl groups excluding tert-OH is 3. The number of nitrogens with one attached hydrogen (secondary N) is 3. The van der Waals surface area contributed by atoms with Gasteiger partial charge in [-0.25, -0.2) is 9.78 Å². The zero-order valence-corrected chi connectivity index (χ0v) is 14.3. The lowest BCUT2D eigenvalue weighted by atomic mass is 10.0. The van der Waals surface area contributed by atoms with Gasteiger partial charge in [0.1, 0.15) is 30.1 Å². The fraction of sp³-hybridized carbons (Fsp3) is 0.667. The smallest absolute Gasteiger partial charge is 0.326 e. The maximum Gasteiger partial charge on any atom is 0.326 e. The second-order valence-corrected chi connectivity index (χ2v) is 6.30. The zero-order chi connectivity index (χ0) is 19.3. The number of hydrogen-bond donors (Lipinski definition) is 7. The fourth-order valence-corrected chi connectivity index (χ4v) is 2.78. The van der Waals surface area contributed by atoms with Crippen LogP contribution in [-0.4, -0.2) is 85.5 Å². The van der Waals surface area contributed by atoms with Gasteiger partial charge in [-0.2, -0.15) is 0 Å². The summed E-state index contributed by atoms with van der Waals surface area (Å²) in [5.41, 5.74) is -0.746. The van der Waals surface area contributed by atoms with Gasteiger partial charge in [-0.15, -0.1) is 0 Å². The molecule has 2 rings (SSSR count). The number of carboxylic acids is 1. The Morgan fingerprint density at radius 1 is 1.46 bits per heavy atom. The molecule has 11 heteroatoms. The Morgan fingerprint density at radius 3 is 2.73 bits per heavy atom. The van der Waals surface area contributed by atoms with Crippen molar-refractivity contribution < 1.29 is 34.8 Å². The molecule has 0 aromatic carbocycles. The standard InChI is InChI=1S/C15H24N4O7/c1-15(13(23)12(22)10(6-20)26-15)18-3-2-11(21)19-9(14(24)25)4-8-5-16-7-17-8/h5,7,9-10,12-13,18,20,22-23H,2-4,6H2,1H3,(H,16,17)(H,19,21)(H,24,25)/t9-,10+,12+,13-,15?/m0/s1. The third kappa shape index (κ3) is 4.77. The van der Waals surface area contributed by atoms with Crippen LogP contribution >= 0.6 is 0 Å². The second-order valence-electron chi connectivity index (χ2n) is 6.30. The summed E-state index contributed by atoms with van der Waals surface area (Å²) in [7, 11) is 0. The van der Waals surface area contributed by atoms with Crippen LogP contribution in [0, 0.1) is 0 Å². The first kappa shape index (κ1) is 20.3. The minimum Gasteiger partial charge on any atom is -0.480 e. The minimum atomic E-state index is -1.32. The van der Waals surface area contributed by atoms with Gasteiger partial charge in [0.25, 0.3) is 0 Å². The van der Waals surface area contributed by atoms with E-state index >= 15 is 0 Å². The molecule has 7 N–H and O–H groups in total. The van der Waals surface area contributed by atoms with Gasteiger partial charge in [-0.1, -0.05) is 0 Å². The van der Waals surface area contributed by atoms with E-state index in [1.807, 2.05) is 0 Å². The number of hydrogen-bond acceptors (Lipinski definition) is 8. The molecular formula is C15H24N4O7. The van der Waals surface area contributed by atoms with Crippen LogP contribution in [0.4, 0.5) is 0 Å². The van der Waals surface area contributed by atoms with Gasteiger partial charge in [0, 0.05) is 31.3 Å². The van der Waals surface area contributed by atoms with Gasteiger partial charge in [0.05, 0.1) is 12.9 Å². The van der Waals surface area contributed by atoms with Crippen molar-refractivity contribution in [2.45, 2.75) is 49.8 Å². The van der Waals surface area contributed by atoms with Crippen LogP contribution in [0.1, 0.15) is 19.0 Å². The number of carbonyl (C=O) groups is 2. The molecule has 1 aliphatic heterocycles. The second kappa shape index (κ2) is 8.56. The highest BCUT2D eigenvalue weighted by molar-refractivity contribution is 5.83. The van der Waals surface area contributed by atoms with Crippen molar-refractivity contribution in [3.8, 4) is 0 Å². The van der Waals surface area contributed by atoms with Crippen molar-refractivity contribution in [1.29, 1.82) is 0 Å². The quantitative estimate of drug-likeness (QED) is 0.243. The molecule has 0 aliphatic carbocycles. The van der Waals surface area contributed by atoms with E-state index < -0.39 is 48.6 Å². The monoisotopic (exact) mass is 372 g/mol. The summed E-state index contributed by atoms with van der Waals surface area (Å²) in [5, 5.41) is 43.3. The Kier molecular flexibility index (Phi) is 6.67. The van der Waals surface area contributed by atoms with Crippen molar-refractivity contribution in [2.75, 3.05) is 13.2 Å². The summed E-state index contributed by atoms with van der Waals surface area (Å²) in [6, 6.07) is -1.10. The molecule has 5 atom stereocenters. The lowest BCUT2D eigenvalue weighted by Gasteiger charge is -2.29. The van der Waals surface area contributed by atoms with Gasteiger partial charge < -0.3 is 35.5 Å². The highest BCUT2D eigenvalue weighted by atomic mass is 16.6. The lowest BCUT2D eigenvalue weighted by Crippen LogP contribution is -2.53. The van der Waals surface area contributed by atoms with E-state index in [1.165, 1.54) is 19.4 Å². The number of carboxylic acid groups (broad SMARTS) is 1. The molecule has 1 saturated heterocycles. The topological polar surface area (TPSA) is 177 Å². The van der Waals surface area contributed by atoms with Gasteiger partial charge >= 0.3 is 5.97 Å². The number of amides is 1. The Bertz CT molecular complexity index is 611. The third-order valence-electron chi connectivity index (χ3n) is 4.29. The fourth-order valence-electron chi connectivity index (χ4n) is 2.78. The molecule has 0 bridgehead atoms. The van der Waals surface area contributed by atoms with Crippen LogP contribution in [-0.2, 0) is 20.7 Å². The normalized spacial score (nSPS) is 29.5. The van der Waals surface area contributed by atoms with E-state index in [9.17, 15) is 24.9 Å². The van der Waals surface area contributed by atoms with Gasteiger partial charge in [-0.05, 0) is 6.92 Å². The molecule has 0 spiro atoms. The van der Waals surface area contributed by atoms with E-state index in [1.54, 1.807) is 0 Å².